The Kier molecular flexibility index (Phi) is 5.08. The number of piperazine rings is 1. The van der Waals surface area contributed by atoms with Crippen molar-refractivity contribution < 1.29 is 0 Å². The molecule has 24 heavy (non-hydrogen) atoms. The average molecular weight is 327 g/mol. The Morgan fingerprint density at radius 1 is 0.958 bits per heavy atom. The number of nitrogens with zero attached hydrogens (tertiary/aromatic N) is 7. The summed E-state index contributed by atoms with van der Waals surface area (Å²) in [5.41, 5.74) is 0. The number of anilines is 3. The van der Waals surface area contributed by atoms with Crippen molar-refractivity contribution >= 4 is 17.6 Å². The first kappa shape index (κ1) is 16.4. The lowest BCUT2D eigenvalue weighted by molar-refractivity contribution is 0.632. The van der Waals surface area contributed by atoms with E-state index in [1.54, 1.807) is 12.4 Å². The van der Waals surface area contributed by atoms with Gasteiger partial charge in [0, 0.05) is 57.7 Å². The maximum atomic E-state index is 4.64. The van der Waals surface area contributed by atoms with Gasteiger partial charge in [0.1, 0.15) is 17.5 Å². The Morgan fingerprint density at radius 2 is 1.58 bits per heavy atom. The standard InChI is InChI=1S/C17H25N7/c1-4-22(5-2)15-13-16(21-14(3)20-15)23-9-11-24(12-10-23)17-18-7-6-8-19-17/h6-8,13H,4-5,9-12H2,1-3H3. The van der Waals surface area contributed by atoms with E-state index >= 15 is 0 Å². The fourth-order valence-corrected chi connectivity index (χ4v) is 3.00. The second kappa shape index (κ2) is 7.42. The minimum absolute atomic E-state index is 0.805. The third kappa shape index (κ3) is 3.55. The van der Waals surface area contributed by atoms with E-state index in [2.05, 4.69) is 54.5 Å². The average Bonchev–Trinajstić information content (AvgIpc) is 2.63. The molecule has 128 valence electrons. The Morgan fingerprint density at radius 3 is 2.21 bits per heavy atom. The molecule has 3 heterocycles. The zero-order valence-electron chi connectivity index (χ0n) is 14.7. The quantitative estimate of drug-likeness (QED) is 0.829. The van der Waals surface area contributed by atoms with Crippen molar-refractivity contribution in [1.82, 2.24) is 19.9 Å². The van der Waals surface area contributed by atoms with Crippen molar-refractivity contribution in [3.05, 3.63) is 30.4 Å². The van der Waals surface area contributed by atoms with Gasteiger partial charge in [-0.3, -0.25) is 0 Å². The Hall–Kier alpha value is -2.44. The lowest BCUT2D eigenvalue weighted by atomic mass is 10.3. The SMILES string of the molecule is CCN(CC)c1cc(N2CCN(c3ncccn3)CC2)nc(C)n1. The lowest BCUT2D eigenvalue weighted by Gasteiger charge is -2.35. The molecule has 0 N–H and O–H groups in total. The van der Waals surface area contributed by atoms with Crippen LogP contribution in [0.5, 0.6) is 0 Å². The zero-order chi connectivity index (χ0) is 16.9. The lowest BCUT2D eigenvalue weighted by Crippen LogP contribution is -2.47. The van der Waals surface area contributed by atoms with Gasteiger partial charge < -0.3 is 14.7 Å². The normalized spacial score (nSPS) is 14.8. The van der Waals surface area contributed by atoms with Crippen molar-refractivity contribution in [2.45, 2.75) is 20.8 Å². The van der Waals surface area contributed by atoms with Gasteiger partial charge in [0.2, 0.25) is 5.95 Å². The molecule has 0 aromatic carbocycles. The van der Waals surface area contributed by atoms with Crippen LogP contribution in [0.4, 0.5) is 17.6 Å². The summed E-state index contributed by atoms with van der Waals surface area (Å²) in [7, 11) is 0. The minimum Gasteiger partial charge on any atom is -0.357 e. The van der Waals surface area contributed by atoms with Crippen LogP contribution < -0.4 is 14.7 Å². The van der Waals surface area contributed by atoms with E-state index in [1.165, 1.54) is 0 Å². The first-order chi connectivity index (χ1) is 11.7. The van der Waals surface area contributed by atoms with Gasteiger partial charge in [0.15, 0.2) is 0 Å². The van der Waals surface area contributed by atoms with Gasteiger partial charge >= 0.3 is 0 Å². The van der Waals surface area contributed by atoms with Gasteiger partial charge in [0.25, 0.3) is 0 Å². The summed E-state index contributed by atoms with van der Waals surface area (Å²) in [5.74, 6) is 3.65. The number of hydrogen-bond donors (Lipinski definition) is 0. The molecule has 0 amide bonds. The van der Waals surface area contributed by atoms with Gasteiger partial charge in [-0.1, -0.05) is 0 Å². The van der Waals surface area contributed by atoms with Crippen molar-refractivity contribution in [2.24, 2.45) is 0 Å². The molecule has 0 bridgehead atoms. The van der Waals surface area contributed by atoms with E-state index in [4.69, 9.17) is 0 Å². The van der Waals surface area contributed by atoms with E-state index < -0.39 is 0 Å². The summed E-state index contributed by atoms with van der Waals surface area (Å²) in [6.07, 6.45) is 3.58. The van der Waals surface area contributed by atoms with Gasteiger partial charge in [-0.05, 0) is 26.8 Å². The number of rotatable bonds is 5. The van der Waals surface area contributed by atoms with E-state index in [0.717, 1.165) is 62.7 Å². The molecule has 3 rings (SSSR count). The van der Waals surface area contributed by atoms with Crippen molar-refractivity contribution in [3.8, 4) is 0 Å². The third-order valence-electron chi connectivity index (χ3n) is 4.34. The van der Waals surface area contributed by atoms with Crippen LogP contribution in [0.3, 0.4) is 0 Å². The molecule has 0 atom stereocenters. The monoisotopic (exact) mass is 327 g/mol. The largest absolute Gasteiger partial charge is 0.357 e. The Bertz CT molecular complexity index is 649. The van der Waals surface area contributed by atoms with Crippen LogP contribution in [-0.2, 0) is 0 Å². The molecule has 7 heteroatoms. The first-order valence-corrected chi connectivity index (χ1v) is 8.58. The smallest absolute Gasteiger partial charge is 0.225 e. The first-order valence-electron chi connectivity index (χ1n) is 8.58. The predicted octanol–water partition coefficient (Wildman–Crippen LogP) is 1.75. The highest BCUT2D eigenvalue weighted by Gasteiger charge is 2.21. The van der Waals surface area contributed by atoms with Crippen molar-refractivity contribution in [2.75, 3.05) is 54.0 Å². The van der Waals surface area contributed by atoms with Crippen LogP contribution in [0.1, 0.15) is 19.7 Å². The highest BCUT2D eigenvalue weighted by atomic mass is 15.3. The van der Waals surface area contributed by atoms with Crippen molar-refractivity contribution in [1.29, 1.82) is 0 Å². The molecule has 1 fully saturated rings. The molecule has 1 aliphatic heterocycles. The summed E-state index contributed by atoms with van der Waals surface area (Å²) < 4.78 is 0. The summed E-state index contributed by atoms with van der Waals surface area (Å²) >= 11 is 0. The van der Waals surface area contributed by atoms with Gasteiger partial charge in [-0.15, -0.1) is 0 Å². The Balaban J connectivity index is 1.72. The highest BCUT2D eigenvalue weighted by molar-refractivity contribution is 5.52. The molecule has 0 aliphatic carbocycles. The molecule has 0 unspecified atom stereocenters. The van der Waals surface area contributed by atoms with Crippen molar-refractivity contribution in [3.63, 3.8) is 0 Å². The predicted molar refractivity (Wildman–Crippen MR) is 96.8 cm³/mol. The number of aryl methyl sites for hydroxylation is 1. The molecule has 0 saturated carbocycles. The van der Waals surface area contributed by atoms with Crippen LogP contribution in [-0.4, -0.2) is 59.2 Å². The van der Waals surface area contributed by atoms with E-state index in [0.29, 0.717) is 0 Å². The molecule has 0 spiro atoms. The maximum Gasteiger partial charge on any atom is 0.225 e. The molecule has 1 aliphatic rings. The molecular weight excluding hydrogens is 302 g/mol. The minimum atomic E-state index is 0.805. The van der Waals surface area contributed by atoms with E-state index in [9.17, 15) is 0 Å². The van der Waals surface area contributed by atoms with Crippen LogP contribution in [0.15, 0.2) is 24.5 Å². The fourth-order valence-electron chi connectivity index (χ4n) is 3.00. The third-order valence-corrected chi connectivity index (χ3v) is 4.34. The van der Waals surface area contributed by atoms with Gasteiger partial charge in [-0.2, -0.15) is 0 Å². The summed E-state index contributed by atoms with van der Waals surface area (Å²) in [6.45, 7) is 11.8. The van der Waals surface area contributed by atoms with Crippen LogP contribution in [0.25, 0.3) is 0 Å². The molecule has 0 radical (unpaired) electrons. The topological polar surface area (TPSA) is 61.3 Å². The zero-order valence-corrected chi connectivity index (χ0v) is 14.7. The fraction of sp³-hybridized carbons (Fsp3) is 0.529. The second-order valence-electron chi connectivity index (χ2n) is 5.83. The number of hydrogen-bond acceptors (Lipinski definition) is 7. The van der Waals surface area contributed by atoms with Crippen LogP contribution >= 0.6 is 0 Å². The molecular formula is C17H25N7. The highest BCUT2D eigenvalue weighted by Crippen LogP contribution is 2.21. The molecule has 2 aromatic rings. The maximum absolute atomic E-state index is 4.64. The summed E-state index contributed by atoms with van der Waals surface area (Å²) in [5, 5.41) is 0. The second-order valence-corrected chi connectivity index (χ2v) is 5.83. The molecule has 2 aromatic heterocycles. The number of aromatic nitrogens is 4. The molecule has 7 nitrogen and oxygen atoms in total. The van der Waals surface area contributed by atoms with E-state index in [-0.39, 0.29) is 0 Å². The van der Waals surface area contributed by atoms with E-state index in [1.807, 2.05) is 13.0 Å². The summed E-state index contributed by atoms with van der Waals surface area (Å²) in [4.78, 5) is 24.7. The summed E-state index contributed by atoms with van der Waals surface area (Å²) in [6, 6.07) is 3.95. The molecule has 1 saturated heterocycles. The van der Waals surface area contributed by atoms with Gasteiger partial charge in [-0.25, -0.2) is 19.9 Å². The Labute approximate surface area is 143 Å². The van der Waals surface area contributed by atoms with Crippen LogP contribution in [0.2, 0.25) is 0 Å². The van der Waals surface area contributed by atoms with Gasteiger partial charge in [0.05, 0.1) is 0 Å². The van der Waals surface area contributed by atoms with Crippen LogP contribution in [0, 0.1) is 6.92 Å².